The third-order valence-corrected chi connectivity index (χ3v) is 8.28. The summed E-state index contributed by atoms with van der Waals surface area (Å²) >= 11 is 1.86. The number of piperidine rings is 1. The number of pyridine rings is 1. The summed E-state index contributed by atoms with van der Waals surface area (Å²) < 4.78 is 22.8. The van der Waals surface area contributed by atoms with Gasteiger partial charge in [-0.05, 0) is 92.3 Å². The van der Waals surface area contributed by atoms with Gasteiger partial charge in [-0.2, -0.15) is 0 Å². The van der Waals surface area contributed by atoms with Crippen LogP contribution in [0.5, 0.6) is 5.75 Å². The van der Waals surface area contributed by atoms with E-state index in [-0.39, 0.29) is 18.3 Å². The van der Waals surface area contributed by atoms with Crippen molar-refractivity contribution < 1.29 is 19.0 Å². The maximum absolute atomic E-state index is 15.5. The number of thioether (sulfide) groups is 1. The molecular weight excluding hydrogens is 477 g/mol. The minimum Gasteiger partial charge on any atom is -0.497 e. The number of fused-ring (bicyclic) bond motifs is 1. The predicted octanol–water partition coefficient (Wildman–Crippen LogP) is 5.97. The van der Waals surface area contributed by atoms with Gasteiger partial charge in [-0.1, -0.05) is 0 Å². The normalized spacial score (nSPS) is 19.4. The molecule has 1 saturated heterocycles. The van der Waals surface area contributed by atoms with Crippen molar-refractivity contribution in [3.8, 4) is 5.75 Å². The number of halogens is 1. The Morgan fingerprint density at radius 3 is 2.92 bits per heavy atom. The van der Waals surface area contributed by atoms with Gasteiger partial charge in [0.15, 0.2) is 0 Å². The quantitative estimate of drug-likeness (QED) is 0.238. The smallest absolute Gasteiger partial charge is 0.303 e. The number of ether oxygens (including phenoxy) is 1. The Labute approximate surface area is 216 Å². The molecule has 0 unspecified atom stereocenters. The molecule has 1 N–H and O–H groups in total. The van der Waals surface area contributed by atoms with E-state index < -0.39 is 12.1 Å². The van der Waals surface area contributed by atoms with Crippen LogP contribution >= 0.6 is 11.8 Å². The van der Waals surface area contributed by atoms with E-state index in [1.165, 1.54) is 4.90 Å². The number of nitrogens with zero attached hydrogens (tertiary/aromatic N) is 3. The average molecular weight is 514 g/mol. The van der Waals surface area contributed by atoms with Crippen molar-refractivity contribution in [3.63, 3.8) is 0 Å². The van der Waals surface area contributed by atoms with E-state index in [0.29, 0.717) is 24.2 Å². The van der Waals surface area contributed by atoms with Crippen LogP contribution in [-0.2, 0) is 11.8 Å². The van der Waals surface area contributed by atoms with Crippen LogP contribution in [0.3, 0.4) is 0 Å². The second-order valence-corrected chi connectivity index (χ2v) is 10.9. The van der Waals surface area contributed by atoms with E-state index in [9.17, 15) is 9.90 Å². The first kappa shape index (κ1) is 26.5. The fraction of sp³-hybridized carbons (Fsp3) is 0.500. The largest absolute Gasteiger partial charge is 0.497 e. The number of hydrogen-bond acceptors (Lipinski definition) is 5. The number of alkyl halides is 1. The van der Waals surface area contributed by atoms with E-state index in [2.05, 4.69) is 32.9 Å². The zero-order valence-corrected chi connectivity index (χ0v) is 21.9. The molecule has 0 aliphatic carbocycles. The highest BCUT2D eigenvalue weighted by atomic mass is 32.2. The van der Waals surface area contributed by atoms with Gasteiger partial charge in [-0.25, -0.2) is 4.39 Å². The summed E-state index contributed by atoms with van der Waals surface area (Å²) in [5.74, 6) is 1.23. The van der Waals surface area contributed by atoms with Gasteiger partial charge in [0.1, 0.15) is 11.9 Å². The molecule has 6 nitrogen and oxygen atoms in total. The Balaban J connectivity index is 1.31. The zero-order chi connectivity index (χ0) is 25.5. The molecule has 36 heavy (non-hydrogen) atoms. The van der Waals surface area contributed by atoms with Crippen LogP contribution in [0, 0.1) is 11.8 Å². The summed E-state index contributed by atoms with van der Waals surface area (Å²) in [5, 5.41) is 10.3. The van der Waals surface area contributed by atoms with Crippen LogP contribution in [0.1, 0.15) is 43.8 Å². The maximum atomic E-state index is 15.5. The third-order valence-electron chi connectivity index (χ3n) is 7.22. The number of methoxy groups -OCH3 is 1. The van der Waals surface area contributed by atoms with Crippen LogP contribution in [0.25, 0.3) is 10.9 Å². The molecule has 0 bridgehead atoms. The lowest BCUT2D eigenvalue weighted by atomic mass is 9.79. The number of aryl methyl sites for hydroxylation is 1. The number of benzene rings is 1. The van der Waals surface area contributed by atoms with Gasteiger partial charge in [-0.3, -0.25) is 9.78 Å². The molecule has 0 saturated carbocycles. The van der Waals surface area contributed by atoms with E-state index in [0.717, 1.165) is 49.1 Å². The number of carboxylic acid groups (broad SMARTS) is 1. The molecule has 3 heterocycles. The summed E-state index contributed by atoms with van der Waals surface area (Å²) in [4.78, 5) is 19.6. The summed E-state index contributed by atoms with van der Waals surface area (Å²) in [6, 6.07) is 9.39. The Morgan fingerprint density at radius 2 is 2.17 bits per heavy atom. The fourth-order valence-electron chi connectivity index (χ4n) is 5.30. The fourth-order valence-corrected chi connectivity index (χ4v) is 6.21. The lowest BCUT2D eigenvalue weighted by Gasteiger charge is -2.38. The Bertz CT molecular complexity index is 1150. The van der Waals surface area contributed by atoms with Gasteiger partial charge < -0.3 is 19.3 Å². The molecular formula is C28H36FN3O3S. The number of aromatic nitrogens is 2. The van der Waals surface area contributed by atoms with Gasteiger partial charge in [-0.15, -0.1) is 11.8 Å². The second-order valence-electron chi connectivity index (χ2n) is 9.75. The molecule has 3 atom stereocenters. The van der Waals surface area contributed by atoms with Crippen molar-refractivity contribution in [2.24, 2.45) is 18.9 Å². The summed E-state index contributed by atoms with van der Waals surface area (Å²) in [5.41, 5.74) is 1.38. The zero-order valence-electron chi connectivity index (χ0n) is 21.1. The van der Waals surface area contributed by atoms with Crippen molar-refractivity contribution in [1.29, 1.82) is 0 Å². The van der Waals surface area contributed by atoms with Crippen molar-refractivity contribution in [1.82, 2.24) is 14.5 Å². The summed E-state index contributed by atoms with van der Waals surface area (Å²) in [6.45, 7) is 2.70. The van der Waals surface area contributed by atoms with E-state index in [1.807, 2.05) is 37.0 Å². The third kappa shape index (κ3) is 7.01. The highest BCUT2D eigenvalue weighted by Gasteiger charge is 2.31. The minimum absolute atomic E-state index is 0.0551. The first-order valence-electron chi connectivity index (χ1n) is 12.7. The van der Waals surface area contributed by atoms with Crippen LogP contribution in [-0.4, -0.2) is 58.0 Å². The van der Waals surface area contributed by atoms with E-state index >= 15 is 4.39 Å². The molecule has 0 radical (unpaired) electrons. The molecule has 3 aromatic rings. The van der Waals surface area contributed by atoms with Crippen LogP contribution in [0.4, 0.5) is 4.39 Å². The molecule has 0 spiro atoms. The molecule has 194 valence electrons. The van der Waals surface area contributed by atoms with Crippen LogP contribution in [0.15, 0.2) is 53.8 Å². The van der Waals surface area contributed by atoms with Crippen LogP contribution in [0.2, 0.25) is 0 Å². The lowest BCUT2D eigenvalue weighted by Crippen LogP contribution is -2.42. The second kappa shape index (κ2) is 12.6. The molecule has 2 aromatic heterocycles. The summed E-state index contributed by atoms with van der Waals surface area (Å²) in [6.07, 6.45) is 7.90. The Hall–Kier alpha value is -2.58. The molecule has 0 amide bonds. The first-order chi connectivity index (χ1) is 17.4. The van der Waals surface area contributed by atoms with Gasteiger partial charge in [0.25, 0.3) is 0 Å². The number of hydrogen-bond donors (Lipinski definition) is 1. The van der Waals surface area contributed by atoms with Crippen LogP contribution < -0.4 is 4.74 Å². The molecule has 8 heteroatoms. The lowest BCUT2D eigenvalue weighted by molar-refractivity contribution is -0.139. The molecule has 1 aliphatic rings. The van der Waals surface area contributed by atoms with Crippen molar-refractivity contribution in [3.05, 3.63) is 54.5 Å². The van der Waals surface area contributed by atoms with E-state index in [1.54, 1.807) is 19.4 Å². The van der Waals surface area contributed by atoms with Gasteiger partial charge in [0.05, 0.1) is 12.6 Å². The van der Waals surface area contributed by atoms with Crippen molar-refractivity contribution in [2.45, 2.75) is 43.2 Å². The monoisotopic (exact) mass is 513 g/mol. The number of rotatable bonds is 12. The topological polar surface area (TPSA) is 67.6 Å². The average Bonchev–Trinajstić information content (AvgIpc) is 3.29. The predicted molar refractivity (Wildman–Crippen MR) is 142 cm³/mol. The first-order valence-corrected chi connectivity index (χ1v) is 13.7. The Kier molecular flexibility index (Phi) is 9.26. The van der Waals surface area contributed by atoms with Crippen molar-refractivity contribution in [2.75, 3.05) is 32.5 Å². The number of likely N-dealkylation sites (tertiary alicyclic amines) is 1. The molecule has 1 fully saturated rings. The number of aliphatic carboxylic acids is 1. The van der Waals surface area contributed by atoms with E-state index in [4.69, 9.17) is 4.74 Å². The Morgan fingerprint density at radius 1 is 1.31 bits per heavy atom. The minimum atomic E-state index is -1.12. The van der Waals surface area contributed by atoms with Gasteiger partial charge in [0, 0.05) is 48.9 Å². The highest BCUT2D eigenvalue weighted by Crippen LogP contribution is 2.36. The molecule has 1 aromatic carbocycles. The molecule has 4 rings (SSSR count). The SMILES string of the molecule is COc1ccc2nccc([C@H](F)CC[C@@H]3CCN(CCCSc4ccn(C)c4)C[C@@H]3CC(=O)O)c2c1. The number of carbonyl (C=O) groups is 1. The summed E-state index contributed by atoms with van der Waals surface area (Å²) in [7, 11) is 3.62. The van der Waals surface area contributed by atoms with Gasteiger partial charge in [0.2, 0.25) is 0 Å². The van der Waals surface area contributed by atoms with Crippen molar-refractivity contribution >= 4 is 28.6 Å². The highest BCUT2D eigenvalue weighted by molar-refractivity contribution is 7.99. The van der Waals surface area contributed by atoms with Gasteiger partial charge >= 0.3 is 5.97 Å². The standard InChI is InChI=1S/C28H36FN3O3S/c1-31-13-10-23(19-31)36-15-3-12-32-14-9-20(21(18-32)16-28(33)34)4-6-26(29)24-8-11-30-27-7-5-22(35-2)17-25(24)27/h5,7-8,10-11,13,17,19-21,26H,3-4,6,9,12,14-16,18H2,1-2H3,(H,33,34)/t20-,21+,26-/m1/s1. The molecule has 1 aliphatic heterocycles. The number of carboxylic acids is 1. The maximum Gasteiger partial charge on any atom is 0.303 e.